The van der Waals surface area contributed by atoms with Crippen LogP contribution in [0.4, 0.5) is 0 Å². The van der Waals surface area contributed by atoms with E-state index in [0.29, 0.717) is 5.91 Å². The number of rotatable bonds is 1. The first-order chi connectivity index (χ1) is 18.2. The summed E-state index contributed by atoms with van der Waals surface area (Å²) in [5.74, 6) is 0.213. The van der Waals surface area contributed by atoms with Crippen LogP contribution in [0.3, 0.4) is 0 Å². The van der Waals surface area contributed by atoms with E-state index in [1.165, 1.54) is 0 Å². The molecule has 1 saturated heterocycles. The first-order valence-electron chi connectivity index (χ1n) is 15.5. The molecule has 5 heteroatoms. The van der Waals surface area contributed by atoms with Gasteiger partial charge in [0, 0.05) is 30.3 Å². The lowest BCUT2D eigenvalue weighted by Gasteiger charge is -2.68. The highest BCUT2D eigenvalue weighted by Gasteiger charge is 2.70. The summed E-state index contributed by atoms with van der Waals surface area (Å²) < 4.78 is 0. The quantitative estimate of drug-likeness (QED) is 0.391. The standard InChI is InChI=1S/C34H46N2O3/c1-21-23-9-10-32(5)26(31(23,4)18-22(20-35)28(21)38)17-25(37)27-24-19-30(2,3)11-13-34(24,14-12-33(27,32)6)29(39)36-15-7-8-16-36/h17-18,21,23-24,27H,7-16,19H2,1-6H3/t21-,23-,24-,27-,31-,32+,33+,34-/m0/s1. The molecular weight excluding hydrogens is 484 g/mol. The molecule has 4 fully saturated rings. The fourth-order valence-electron chi connectivity index (χ4n) is 10.9. The van der Waals surface area contributed by atoms with Crippen molar-refractivity contribution >= 4 is 17.5 Å². The molecule has 6 rings (SSSR count). The number of allylic oxidation sites excluding steroid dienone is 4. The first kappa shape index (κ1) is 27.0. The van der Waals surface area contributed by atoms with E-state index in [1.807, 2.05) is 19.1 Å². The molecule has 1 aliphatic heterocycles. The lowest BCUT2D eigenvalue weighted by atomic mass is 9.34. The van der Waals surface area contributed by atoms with Crippen LogP contribution in [0.15, 0.2) is 23.3 Å². The normalized spacial score (nSPS) is 46.6. The first-order valence-corrected chi connectivity index (χ1v) is 15.5. The molecule has 39 heavy (non-hydrogen) atoms. The van der Waals surface area contributed by atoms with E-state index in [1.54, 1.807) is 0 Å². The number of fused-ring (bicyclic) bond motifs is 7. The number of nitrogens with zero attached hydrogens (tertiary/aromatic N) is 2. The monoisotopic (exact) mass is 530 g/mol. The van der Waals surface area contributed by atoms with Crippen molar-refractivity contribution in [2.75, 3.05) is 13.1 Å². The predicted molar refractivity (Wildman–Crippen MR) is 150 cm³/mol. The van der Waals surface area contributed by atoms with Crippen LogP contribution in [-0.4, -0.2) is 35.5 Å². The third-order valence-corrected chi connectivity index (χ3v) is 13.3. The van der Waals surface area contributed by atoms with Gasteiger partial charge in [-0.1, -0.05) is 53.2 Å². The van der Waals surface area contributed by atoms with Crippen LogP contribution in [0.2, 0.25) is 0 Å². The summed E-state index contributed by atoms with van der Waals surface area (Å²) in [6.07, 6.45) is 12.5. The van der Waals surface area contributed by atoms with E-state index in [2.05, 4.69) is 45.6 Å². The zero-order valence-electron chi connectivity index (χ0n) is 24.9. The summed E-state index contributed by atoms with van der Waals surface area (Å²) in [5.41, 5.74) is 0.0901. The fraction of sp³-hybridized carbons (Fsp3) is 0.765. The van der Waals surface area contributed by atoms with Crippen molar-refractivity contribution in [3.8, 4) is 6.07 Å². The molecule has 6 aliphatic rings. The van der Waals surface area contributed by atoms with Crippen LogP contribution in [0.5, 0.6) is 0 Å². The number of carbonyl (C=O) groups excluding carboxylic acids is 3. The smallest absolute Gasteiger partial charge is 0.229 e. The lowest BCUT2D eigenvalue weighted by Crippen LogP contribution is -2.66. The lowest BCUT2D eigenvalue weighted by molar-refractivity contribution is -0.183. The van der Waals surface area contributed by atoms with E-state index in [0.717, 1.165) is 76.5 Å². The Kier molecular flexibility index (Phi) is 5.81. The number of hydrogen-bond donors (Lipinski definition) is 0. The molecule has 8 atom stereocenters. The second-order valence-electron chi connectivity index (χ2n) is 15.6. The van der Waals surface area contributed by atoms with E-state index in [9.17, 15) is 19.6 Å². The Balaban J connectivity index is 1.49. The summed E-state index contributed by atoms with van der Waals surface area (Å²) in [5, 5.41) is 9.82. The molecule has 3 saturated carbocycles. The Morgan fingerprint density at radius 1 is 0.974 bits per heavy atom. The second kappa shape index (κ2) is 8.40. The third kappa shape index (κ3) is 3.39. The number of hydrogen-bond acceptors (Lipinski definition) is 4. The predicted octanol–water partition coefficient (Wildman–Crippen LogP) is 6.44. The highest BCUT2D eigenvalue weighted by atomic mass is 16.2. The van der Waals surface area contributed by atoms with Crippen LogP contribution >= 0.6 is 0 Å². The van der Waals surface area contributed by atoms with Gasteiger partial charge in [-0.2, -0.15) is 5.26 Å². The van der Waals surface area contributed by atoms with Gasteiger partial charge in [0.25, 0.3) is 0 Å². The molecule has 0 aromatic heterocycles. The minimum absolute atomic E-state index is 0.0530. The molecule has 0 radical (unpaired) electrons. The van der Waals surface area contributed by atoms with Gasteiger partial charge in [-0.05, 0) is 91.9 Å². The van der Waals surface area contributed by atoms with Gasteiger partial charge in [0.05, 0.1) is 11.0 Å². The number of nitriles is 1. The average Bonchev–Trinajstić information content (AvgIpc) is 3.42. The van der Waals surface area contributed by atoms with Crippen LogP contribution in [0, 0.1) is 62.1 Å². The maximum Gasteiger partial charge on any atom is 0.229 e. The van der Waals surface area contributed by atoms with Gasteiger partial charge < -0.3 is 4.90 Å². The molecule has 1 amide bonds. The molecule has 5 aliphatic carbocycles. The molecule has 0 spiro atoms. The van der Waals surface area contributed by atoms with Crippen molar-refractivity contribution in [3.63, 3.8) is 0 Å². The number of ketones is 2. The van der Waals surface area contributed by atoms with Crippen molar-refractivity contribution in [3.05, 3.63) is 23.3 Å². The number of likely N-dealkylation sites (tertiary alicyclic amines) is 1. The van der Waals surface area contributed by atoms with Crippen molar-refractivity contribution in [1.82, 2.24) is 4.90 Å². The van der Waals surface area contributed by atoms with Gasteiger partial charge in [-0.25, -0.2) is 0 Å². The minimum Gasteiger partial charge on any atom is -0.342 e. The minimum atomic E-state index is -0.485. The fourth-order valence-corrected chi connectivity index (χ4v) is 10.9. The number of Topliss-reactive ketones (excluding diaryl/α,β-unsaturated/α-hetero) is 1. The van der Waals surface area contributed by atoms with Gasteiger partial charge in [0.15, 0.2) is 11.6 Å². The largest absolute Gasteiger partial charge is 0.342 e. The van der Waals surface area contributed by atoms with Gasteiger partial charge in [0.1, 0.15) is 6.07 Å². The topological polar surface area (TPSA) is 78.2 Å². The molecule has 0 N–H and O–H groups in total. The highest BCUT2D eigenvalue weighted by molar-refractivity contribution is 6.02. The third-order valence-electron chi connectivity index (χ3n) is 13.3. The number of carbonyl (C=O) groups is 3. The van der Waals surface area contributed by atoms with E-state index >= 15 is 0 Å². The van der Waals surface area contributed by atoms with Gasteiger partial charge in [0.2, 0.25) is 5.91 Å². The maximum absolute atomic E-state index is 14.5. The van der Waals surface area contributed by atoms with E-state index in [4.69, 9.17) is 0 Å². The van der Waals surface area contributed by atoms with Gasteiger partial charge in [-0.3, -0.25) is 14.4 Å². The van der Waals surface area contributed by atoms with Crippen molar-refractivity contribution < 1.29 is 14.4 Å². The Labute approximate surface area is 234 Å². The summed E-state index contributed by atoms with van der Waals surface area (Å²) in [6.45, 7) is 15.2. The molecule has 0 bridgehead atoms. The Hall–Kier alpha value is -2.22. The Morgan fingerprint density at radius 3 is 2.31 bits per heavy atom. The molecule has 0 aromatic rings. The SMILES string of the molecule is C[C@@H]1C(=O)C(C#N)=C[C@]2(C)C3=CC(=O)[C@@H]4[C@@H]5CC(C)(C)CC[C@]5(C(=O)N5CCCC5)CC[C@@]4(C)[C@]3(C)CC[C@@H]12. The van der Waals surface area contributed by atoms with Crippen LogP contribution in [-0.2, 0) is 14.4 Å². The molecule has 1 heterocycles. The van der Waals surface area contributed by atoms with Crippen LogP contribution in [0.1, 0.15) is 99.3 Å². The van der Waals surface area contributed by atoms with Crippen LogP contribution < -0.4 is 0 Å². The van der Waals surface area contributed by atoms with Crippen molar-refractivity contribution in [2.45, 2.75) is 99.3 Å². The van der Waals surface area contributed by atoms with Crippen LogP contribution in [0.25, 0.3) is 0 Å². The van der Waals surface area contributed by atoms with Crippen molar-refractivity contribution in [1.29, 1.82) is 5.26 Å². The zero-order valence-corrected chi connectivity index (χ0v) is 24.9. The Bertz CT molecular complexity index is 1250. The molecule has 210 valence electrons. The van der Waals surface area contributed by atoms with Crippen molar-refractivity contribution in [2.24, 2.45) is 50.7 Å². The average molecular weight is 531 g/mol. The maximum atomic E-state index is 14.5. The zero-order chi connectivity index (χ0) is 28.2. The van der Waals surface area contributed by atoms with E-state index in [-0.39, 0.29) is 57.1 Å². The van der Waals surface area contributed by atoms with Gasteiger partial charge >= 0.3 is 0 Å². The molecular formula is C34H46N2O3. The highest BCUT2D eigenvalue weighted by Crippen LogP contribution is 2.74. The van der Waals surface area contributed by atoms with Gasteiger partial charge in [-0.15, -0.1) is 0 Å². The van der Waals surface area contributed by atoms with E-state index < -0.39 is 10.8 Å². The summed E-state index contributed by atoms with van der Waals surface area (Å²) >= 11 is 0. The summed E-state index contributed by atoms with van der Waals surface area (Å²) in [6, 6.07) is 2.18. The molecule has 0 unspecified atom stereocenters. The Morgan fingerprint density at radius 2 is 1.64 bits per heavy atom. The summed E-state index contributed by atoms with van der Waals surface area (Å²) in [4.78, 5) is 43.9. The number of amides is 1. The summed E-state index contributed by atoms with van der Waals surface area (Å²) in [7, 11) is 0. The second-order valence-corrected chi connectivity index (χ2v) is 15.6. The molecule has 0 aromatic carbocycles. The molecule has 5 nitrogen and oxygen atoms in total.